The summed E-state index contributed by atoms with van der Waals surface area (Å²) in [7, 11) is 1.67. The highest BCUT2D eigenvalue weighted by atomic mass is 32.1. The van der Waals surface area contributed by atoms with Gasteiger partial charge in [-0.15, -0.1) is 11.3 Å². The van der Waals surface area contributed by atoms with E-state index < -0.39 is 0 Å². The summed E-state index contributed by atoms with van der Waals surface area (Å²) in [5, 5.41) is 4.24. The van der Waals surface area contributed by atoms with E-state index in [2.05, 4.69) is 10.3 Å². The lowest BCUT2D eigenvalue weighted by atomic mass is 10.2. The zero-order valence-corrected chi connectivity index (χ0v) is 12.4. The largest absolute Gasteiger partial charge is 0.442 e. The van der Waals surface area contributed by atoms with Crippen molar-refractivity contribution in [3.8, 4) is 10.6 Å². The molecule has 0 amide bonds. The normalized spacial score (nSPS) is 11.3. The van der Waals surface area contributed by atoms with Crippen LogP contribution in [-0.4, -0.2) is 25.2 Å². The number of aromatic nitrogens is 1. The summed E-state index contributed by atoms with van der Waals surface area (Å²) in [5.74, 6) is 0.511. The van der Waals surface area contributed by atoms with Crippen molar-refractivity contribution < 1.29 is 13.5 Å². The second kappa shape index (κ2) is 6.34. The van der Waals surface area contributed by atoms with Crippen molar-refractivity contribution in [3.05, 3.63) is 42.2 Å². The first kappa shape index (κ1) is 14.2. The molecule has 2 aromatic heterocycles. The maximum absolute atomic E-state index is 13.3. The van der Waals surface area contributed by atoms with Crippen LogP contribution in [0.4, 0.5) is 4.39 Å². The highest BCUT2D eigenvalue weighted by molar-refractivity contribution is 7.22. The Balaban J connectivity index is 1.83. The van der Waals surface area contributed by atoms with Crippen LogP contribution in [0.25, 0.3) is 20.7 Å². The van der Waals surface area contributed by atoms with Gasteiger partial charge in [-0.1, -0.05) is 6.07 Å². The predicted octanol–water partition coefficient (Wildman–Crippen LogP) is 3.43. The van der Waals surface area contributed by atoms with E-state index in [1.807, 2.05) is 6.07 Å². The van der Waals surface area contributed by atoms with Gasteiger partial charge in [0, 0.05) is 24.9 Å². The Morgan fingerprint density at radius 3 is 3.14 bits per heavy atom. The van der Waals surface area contributed by atoms with Crippen LogP contribution in [-0.2, 0) is 11.3 Å². The topological polar surface area (TPSA) is 47.3 Å². The molecule has 0 saturated carbocycles. The SMILES string of the molecule is COCCNCc1ncoc1-c1cc2ccc(F)cc2s1. The van der Waals surface area contributed by atoms with Crippen molar-refractivity contribution in [1.29, 1.82) is 0 Å². The van der Waals surface area contributed by atoms with Crippen molar-refractivity contribution in [2.24, 2.45) is 0 Å². The van der Waals surface area contributed by atoms with Gasteiger partial charge in [-0.05, 0) is 23.6 Å². The number of thiophene rings is 1. The minimum atomic E-state index is -0.227. The Labute approximate surface area is 125 Å². The van der Waals surface area contributed by atoms with Gasteiger partial charge in [0.15, 0.2) is 12.2 Å². The first-order chi connectivity index (χ1) is 10.3. The lowest BCUT2D eigenvalue weighted by Crippen LogP contribution is -2.19. The van der Waals surface area contributed by atoms with Crippen LogP contribution in [0.15, 0.2) is 35.1 Å². The van der Waals surface area contributed by atoms with Gasteiger partial charge in [0.2, 0.25) is 0 Å². The van der Waals surface area contributed by atoms with E-state index in [1.165, 1.54) is 29.9 Å². The van der Waals surface area contributed by atoms with Crippen molar-refractivity contribution in [1.82, 2.24) is 10.3 Å². The summed E-state index contributed by atoms with van der Waals surface area (Å²) in [4.78, 5) is 5.20. The highest BCUT2D eigenvalue weighted by Gasteiger charge is 2.13. The molecule has 0 fully saturated rings. The molecular weight excluding hydrogens is 291 g/mol. The summed E-state index contributed by atoms with van der Waals surface area (Å²) in [6.07, 6.45) is 1.44. The van der Waals surface area contributed by atoms with Crippen molar-refractivity contribution in [3.63, 3.8) is 0 Å². The number of nitrogens with zero attached hydrogens (tertiary/aromatic N) is 1. The van der Waals surface area contributed by atoms with Crippen LogP contribution >= 0.6 is 11.3 Å². The molecule has 0 saturated heterocycles. The first-order valence-electron chi connectivity index (χ1n) is 6.59. The predicted molar refractivity (Wildman–Crippen MR) is 80.9 cm³/mol. The summed E-state index contributed by atoms with van der Waals surface area (Å²) in [5.41, 5.74) is 0.845. The number of halogens is 1. The minimum absolute atomic E-state index is 0.227. The molecule has 3 aromatic rings. The Morgan fingerprint density at radius 2 is 2.29 bits per heavy atom. The summed E-state index contributed by atoms with van der Waals surface area (Å²) < 4.78 is 24.6. The molecule has 0 unspecified atom stereocenters. The summed E-state index contributed by atoms with van der Waals surface area (Å²) >= 11 is 1.50. The molecule has 0 atom stereocenters. The fraction of sp³-hybridized carbons (Fsp3) is 0.267. The Hall–Kier alpha value is -1.76. The number of methoxy groups -OCH3 is 1. The van der Waals surface area contributed by atoms with Gasteiger partial charge >= 0.3 is 0 Å². The molecule has 3 rings (SSSR count). The molecule has 0 aliphatic rings. The Kier molecular flexibility index (Phi) is 4.28. The number of hydrogen-bond acceptors (Lipinski definition) is 5. The zero-order valence-electron chi connectivity index (χ0n) is 11.6. The third-order valence-corrected chi connectivity index (χ3v) is 4.22. The van der Waals surface area contributed by atoms with E-state index in [-0.39, 0.29) is 5.82 Å². The molecule has 0 bridgehead atoms. The molecule has 110 valence electrons. The van der Waals surface area contributed by atoms with Gasteiger partial charge in [0.25, 0.3) is 0 Å². The van der Waals surface area contributed by atoms with E-state index in [4.69, 9.17) is 9.15 Å². The average molecular weight is 306 g/mol. The van der Waals surface area contributed by atoms with E-state index in [9.17, 15) is 4.39 Å². The number of nitrogens with one attached hydrogen (secondary N) is 1. The van der Waals surface area contributed by atoms with Crippen LogP contribution in [0.1, 0.15) is 5.69 Å². The molecule has 1 N–H and O–H groups in total. The van der Waals surface area contributed by atoms with Gasteiger partial charge in [0.1, 0.15) is 11.5 Å². The second-order valence-electron chi connectivity index (χ2n) is 4.59. The molecule has 21 heavy (non-hydrogen) atoms. The van der Waals surface area contributed by atoms with Gasteiger partial charge in [-0.25, -0.2) is 9.37 Å². The van der Waals surface area contributed by atoms with Crippen molar-refractivity contribution >= 4 is 21.4 Å². The molecule has 6 heteroatoms. The highest BCUT2D eigenvalue weighted by Crippen LogP contribution is 2.35. The van der Waals surface area contributed by atoms with Crippen LogP contribution in [0.5, 0.6) is 0 Å². The van der Waals surface area contributed by atoms with Gasteiger partial charge in [0.05, 0.1) is 11.5 Å². The van der Waals surface area contributed by atoms with Gasteiger partial charge < -0.3 is 14.5 Å². The lowest BCUT2D eigenvalue weighted by Gasteiger charge is -2.02. The van der Waals surface area contributed by atoms with Crippen LogP contribution in [0, 0.1) is 5.82 Å². The van der Waals surface area contributed by atoms with E-state index in [0.29, 0.717) is 13.2 Å². The van der Waals surface area contributed by atoms with E-state index in [1.54, 1.807) is 13.2 Å². The minimum Gasteiger partial charge on any atom is -0.442 e. The van der Waals surface area contributed by atoms with Crippen LogP contribution < -0.4 is 5.32 Å². The van der Waals surface area contributed by atoms with E-state index in [0.717, 1.165) is 33.0 Å². The van der Waals surface area contributed by atoms with E-state index >= 15 is 0 Å². The maximum Gasteiger partial charge on any atom is 0.181 e. The number of benzene rings is 1. The number of hydrogen-bond donors (Lipinski definition) is 1. The fourth-order valence-electron chi connectivity index (χ4n) is 2.09. The molecule has 1 aromatic carbocycles. The van der Waals surface area contributed by atoms with Gasteiger partial charge in [-0.2, -0.15) is 0 Å². The third-order valence-electron chi connectivity index (χ3n) is 3.12. The van der Waals surface area contributed by atoms with Crippen molar-refractivity contribution in [2.75, 3.05) is 20.3 Å². The molecule has 0 radical (unpaired) electrons. The first-order valence-corrected chi connectivity index (χ1v) is 7.41. The van der Waals surface area contributed by atoms with Crippen LogP contribution in [0.3, 0.4) is 0 Å². The lowest BCUT2D eigenvalue weighted by molar-refractivity contribution is 0.199. The molecule has 0 aliphatic heterocycles. The Bertz CT molecular complexity index is 738. The summed E-state index contributed by atoms with van der Waals surface area (Å²) in [6.45, 7) is 2.01. The molecule has 0 spiro atoms. The number of fused-ring (bicyclic) bond motifs is 1. The molecule has 2 heterocycles. The second-order valence-corrected chi connectivity index (χ2v) is 5.67. The smallest absolute Gasteiger partial charge is 0.181 e. The number of rotatable bonds is 6. The fourth-order valence-corrected chi connectivity index (χ4v) is 3.19. The van der Waals surface area contributed by atoms with Crippen molar-refractivity contribution in [2.45, 2.75) is 6.54 Å². The standard InChI is InChI=1S/C15H15FN2O2S/c1-19-5-4-17-8-12-15(20-9-18-12)14-6-10-2-3-11(16)7-13(10)21-14/h2-3,6-7,9,17H,4-5,8H2,1H3. The molecule has 4 nitrogen and oxygen atoms in total. The molecule has 0 aliphatic carbocycles. The Morgan fingerprint density at radius 1 is 1.38 bits per heavy atom. The number of oxazole rings is 1. The number of ether oxygens (including phenoxy) is 1. The third kappa shape index (κ3) is 3.12. The molecular formula is C15H15FN2O2S. The zero-order chi connectivity index (χ0) is 14.7. The van der Waals surface area contributed by atoms with Gasteiger partial charge in [-0.3, -0.25) is 0 Å². The van der Waals surface area contributed by atoms with Crippen LogP contribution in [0.2, 0.25) is 0 Å². The average Bonchev–Trinajstić information content (AvgIpc) is 3.08. The quantitative estimate of drug-likeness (QED) is 0.709. The maximum atomic E-state index is 13.3. The monoisotopic (exact) mass is 306 g/mol. The summed E-state index contributed by atoms with van der Waals surface area (Å²) in [6, 6.07) is 6.78.